The molecular formula is C16H22N4O2. The summed E-state index contributed by atoms with van der Waals surface area (Å²) in [6.45, 7) is 7.19. The molecule has 1 unspecified atom stereocenters. The van der Waals surface area contributed by atoms with Gasteiger partial charge < -0.3 is 19.9 Å². The zero-order valence-corrected chi connectivity index (χ0v) is 13.2. The van der Waals surface area contributed by atoms with E-state index in [1.165, 1.54) is 0 Å². The number of alkyl carbamates (subject to hydrolysis) is 1. The molecule has 1 atom stereocenters. The van der Waals surface area contributed by atoms with Crippen molar-refractivity contribution in [2.24, 2.45) is 0 Å². The van der Waals surface area contributed by atoms with E-state index in [1.54, 1.807) is 0 Å². The minimum absolute atomic E-state index is 0.0862. The van der Waals surface area contributed by atoms with E-state index in [4.69, 9.17) is 4.74 Å². The summed E-state index contributed by atoms with van der Waals surface area (Å²) in [5, 5.41) is 2.92. The molecule has 2 aromatic rings. The molecule has 2 heterocycles. The van der Waals surface area contributed by atoms with Gasteiger partial charge >= 0.3 is 6.09 Å². The molecular weight excluding hydrogens is 280 g/mol. The Bertz CT molecular complexity index is 641. The molecule has 1 amide bonds. The van der Waals surface area contributed by atoms with Crippen molar-refractivity contribution in [1.82, 2.24) is 15.3 Å². The van der Waals surface area contributed by atoms with Crippen molar-refractivity contribution < 1.29 is 9.53 Å². The smallest absolute Gasteiger partial charge is 0.407 e. The van der Waals surface area contributed by atoms with Crippen LogP contribution in [0.25, 0.3) is 11.0 Å². The molecule has 1 fully saturated rings. The van der Waals surface area contributed by atoms with Gasteiger partial charge in [-0.1, -0.05) is 12.1 Å². The zero-order chi connectivity index (χ0) is 15.7. The number of anilines is 1. The maximum absolute atomic E-state index is 11.8. The first kappa shape index (κ1) is 14.7. The summed E-state index contributed by atoms with van der Waals surface area (Å²) in [5.41, 5.74) is 1.52. The van der Waals surface area contributed by atoms with Crippen LogP contribution in [0.2, 0.25) is 0 Å². The first-order chi connectivity index (χ1) is 10.4. The highest BCUT2D eigenvalue weighted by Crippen LogP contribution is 2.21. The number of rotatable bonds is 2. The molecule has 118 valence electrons. The number of hydrogen-bond acceptors (Lipinski definition) is 4. The zero-order valence-electron chi connectivity index (χ0n) is 13.2. The van der Waals surface area contributed by atoms with Crippen LogP contribution in [-0.4, -0.2) is 40.8 Å². The Morgan fingerprint density at radius 3 is 2.91 bits per heavy atom. The van der Waals surface area contributed by atoms with E-state index in [9.17, 15) is 4.79 Å². The second-order valence-electron chi connectivity index (χ2n) is 6.66. The summed E-state index contributed by atoms with van der Waals surface area (Å²) >= 11 is 0. The molecule has 0 aliphatic carbocycles. The van der Waals surface area contributed by atoms with Gasteiger partial charge in [0.25, 0.3) is 0 Å². The highest BCUT2D eigenvalue weighted by atomic mass is 16.6. The van der Waals surface area contributed by atoms with Crippen molar-refractivity contribution >= 4 is 23.1 Å². The Morgan fingerprint density at radius 1 is 1.41 bits per heavy atom. The number of H-pyrrole nitrogens is 1. The summed E-state index contributed by atoms with van der Waals surface area (Å²) < 4.78 is 5.30. The number of imidazole rings is 1. The monoisotopic (exact) mass is 302 g/mol. The average Bonchev–Trinajstić information content (AvgIpc) is 3.01. The van der Waals surface area contributed by atoms with Gasteiger partial charge in [-0.05, 0) is 39.3 Å². The summed E-state index contributed by atoms with van der Waals surface area (Å²) in [7, 11) is 0. The van der Waals surface area contributed by atoms with Crippen LogP contribution < -0.4 is 10.2 Å². The fourth-order valence-electron chi connectivity index (χ4n) is 2.63. The summed E-state index contributed by atoms with van der Waals surface area (Å²) in [4.78, 5) is 21.9. The van der Waals surface area contributed by atoms with E-state index in [-0.39, 0.29) is 12.1 Å². The van der Waals surface area contributed by atoms with E-state index in [2.05, 4.69) is 20.2 Å². The third kappa shape index (κ3) is 3.32. The van der Waals surface area contributed by atoms with Crippen LogP contribution >= 0.6 is 0 Å². The normalized spacial score (nSPS) is 18.7. The number of aromatic amines is 1. The standard InChI is InChI=1S/C16H22N4O2/c1-16(2,3)22-15(21)17-11-8-9-20(10-11)14-18-12-6-4-5-7-13(12)19-14/h4-7,11H,8-10H2,1-3H3,(H,17,21)(H,18,19). The van der Waals surface area contributed by atoms with E-state index in [1.807, 2.05) is 45.0 Å². The van der Waals surface area contributed by atoms with Gasteiger partial charge in [-0.3, -0.25) is 0 Å². The molecule has 6 nitrogen and oxygen atoms in total. The lowest BCUT2D eigenvalue weighted by Crippen LogP contribution is -2.40. The molecule has 1 aromatic carbocycles. The SMILES string of the molecule is CC(C)(C)OC(=O)NC1CCN(c2nc3ccccc3[nH]2)C1. The molecule has 0 bridgehead atoms. The van der Waals surface area contributed by atoms with E-state index in [0.717, 1.165) is 36.5 Å². The molecule has 2 N–H and O–H groups in total. The van der Waals surface area contributed by atoms with E-state index in [0.29, 0.717) is 0 Å². The van der Waals surface area contributed by atoms with Crippen LogP contribution in [0.5, 0.6) is 0 Å². The number of amides is 1. The lowest BCUT2D eigenvalue weighted by atomic mass is 10.2. The number of fused-ring (bicyclic) bond motifs is 1. The first-order valence-electron chi connectivity index (χ1n) is 7.60. The molecule has 1 aliphatic heterocycles. The average molecular weight is 302 g/mol. The maximum atomic E-state index is 11.8. The predicted molar refractivity (Wildman–Crippen MR) is 86.1 cm³/mol. The van der Waals surface area contributed by atoms with Gasteiger partial charge in [0.1, 0.15) is 5.60 Å². The number of nitrogens with one attached hydrogen (secondary N) is 2. The maximum Gasteiger partial charge on any atom is 0.407 e. The van der Waals surface area contributed by atoms with Crippen molar-refractivity contribution in [3.8, 4) is 0 Å². The van der Waals surface area contributed by atoms with Crippen molar-refractivity contribution in [2.75, 3.05) is 18.0 Å². The molecule has 1 saturated heterocycles. The van der Waals surface area contributed by atoms with Crippen LogP contribution in [0, 0.1) is 0 Å². The lowest BCUT2D eigenvalue weighted by molar-refractivity contribution is 0.0509. The Hall–Kier alpha value is -2.24. The number of para-hydroxylation sites is 2. The Kier molecular flexibility index (Phi) is 3.68. The second kappa shape index (κ2) is 5.51. The van der Waals surface area contributed by atoms with Gasteiger partial charge in [0.05, 0.1) is 17.1 Å². The molecule has 1 aromatic heterocycles. The van der Waals surface area contributed by atoms with Crippen molar-refractivity contribution in [2.45, 2.75) is 38.8 Å². The number of carbonyl (C=O) groups is 1. The Balaban J connectivity index is 1.61. The van der Waals surface area contributed by atoms with Crippen molar-refractivity contribution in [1.29, 1.82) is 0 Å². The second-order valence-corrected chi connectivity index (χ2v) is 6.66. The summed E-state index contributed by atoms with van der Waals surface area (Å²) in [5.74, 6) is 0.856. The summed E-state index contributed by atoms with van der Waals surface area (Å²) in [6.07, 6.45) is 0.528. The number of nitrogens with zero attached hydrogens (tertiary/aromatic N) is 2. The fourth-order valence-corrected chi connectivity index (χ4v) is 2.63. The van der Waals surface area contributed by atoms with Crippen LogP contribution in [0.4, 0.5) is 10.7 Å². The van der Waals surface area contributed by atoms with Gasteiger partial charge in [-0.15, -0.1) is 0 Å². The first-order valence-corrected chi connectivity index (χ1v) is 7.60. The van der Waals surface area contributed by atoms with Crippen molar-refractivity contribution in [3.63, 3.8) is 0 Å². The van der Waals surface area contributed by atoms with Gasteiger partial charge in [0.2, 0.25) is 5.95 Å². The molecule has 6 heteroatoms. The van der Waals surface area contributed by atoms with Gasteiger partial charge in [-0.2, -0.15) is 0 Å². The van der Waals surface area contributed by atoms with E-state index < -0.39 is 5.60 Å². The minimum atomic E-state index is -0.471. The quantitative estimate of drug-likeness (QED) is 0.895. The highest BCUT2D eigenvalue weighted by Gasteiger charge is 2.27. The third-order valence-electron chi connectivity index (χ3n) is 3.59. The molecule has 0 radical (unpaired) electrons. The van der Waals surface area contributed by atoms with Crippen LogP contribution in [0.3, 0.4) is 0 Å². The molecule has 1 aliphatic rings. The molecule has 22 heavy (non-hydrogen) atoms. The molecule has 0 saturated carbocycles. The number of ether oxygens (including phenoxy) is 1. The van der Waals surface area contributed by atoms with Crippen molar-refractivity contribution in [3.05, 3.63) is 24.3 Å². The topological polar surface area (TPSA) is 70.2 Å². The van der Waals surface area contributed by atoms with Crippen LogP contribution in [0.15, 0.2) is 24.3 Å². The van der Waals surface area contributed by atoms with Gasteiger partial charge in [-0.25, -0.2) is 9.78 Å². The number of benzene rings is 1. The van der Waals surface area contributed by atoms with Crippen LogP contribution in [-0.2, 0) is 4.74 Å². The largest absolute Gasteiger partial charge is 0.444 e. The van der Waals surface area contributed by atoms with Gasteiger partial charge in [0.15, 0.2) is 0 Å². The number of aromatic nitrogens is 2. The number of carbonyl (C=O) groups excluding carboxylic acids is 1. The highest BCUT2D eigenvalue weighted by molar-refractivity contribution is 5.77. The lowest BCUT2D eigenvalue weighted by Gasteiger charge is -2.22. The molecule has 3 rings (SSSR count). The van der Waals surface area contributed by atoms with E-state index >= 15 is 0 Å². The minimum Gasteiger partial charge on any atom is -0.444 e. The van der Waals surface area contributed by atoms with Crippen LogP contribution in [0.1, 0.15) is 27.2 Å². The summed E-state index contributed by atoms with van der Waals surface area (Å²) in [6, 6.07) is 8.05. The Labute approximate surface area is 129 Å². The fraction of sp³-hybridized carbons (Fsp3) is 0.500. The predicted octanol–water partition coefficient (Wildman–Crippen LogP) is 2.67. The third-order valence-corrected chi connectivity index (χ3v) is 3.59. The molecule has 0 spiro atoms. The number of hydrogen-bond donors (Lipinski definition) is 2. The van der Waals surface area contributed by atoms with Gasteiger partial charge in [0, 0.05) is 13.1 Å². The Morgan fingerprint density at radius 2 is 2.18 bits per heavy atom.